The Balaban J connectivity index is 1.81. The van der Waals surface area contributed by atoms with E-state index in [1.807, 2.05) is 48.5 Å². The Morgan fingerprint density at radius 1 is 1.04 bits per heavy atom. The zero-order chi connectivity index (χ0) is 35.5. The molecule has 13 nitrogen and oxygen atoms in total. The number of carbonyl (C=O) groups excluding carboxylic acids is 6. The molecule has 0 aromatic carbocycles. The van der Waals surface area contributed by atoms with Gasteiger partial charge in [-0.3, -0.25) is 19.2 Å². The first kappa shape index (κ1) is 37.8. The Kier molecular flexibility index (Phi) is 11.8. The summed E-state index contributed by atoms with van der Waals surface area (Å²) in [6.45, 7) is 22.5. The van der Waals surface area contributed by atoms with E-state index in [4.69, 9.17) is 4.74 Å². The molecule has 3 aliphatic rings. The summed E-state index contributed by atoms with van der Waals surface area (Å²) in [4.78, 5) is 82.6. The molecule has 2 unspecified atom stereocenters. The highest BCUT2D eigenvalue weighted by molar-refractivity contribution is 6.38. The third-order valence-corrected chi connectivity index (χ3v) is 9.80. The number of nitrogens with zero attached hydrogens (tertiary/aromatic N) is 2. The van der Waals surface area contributed by atoms with E-state index < -0.39 is 70.6 Å². The van der Waals surface area contributed by atoms with Crippen molar-refractivity contribution < 1.29 is 33.5 Å². The highest BCUT2D eigenvalue weighted by atomic mass is 16.6. The Hall–Kier alpha value is -3.64. The van der Waals surface area contributed by atoms with Gasteiger partial charge in [-0.2, -0.15) is 0 Å². The summed E-state index contributed by atoms with van der Waals surface area (Å²) in [6.07, 6.45) is 2.56. The number of fused-ring (bicyclic) bond motifs is 1. The maximum absolute atomic E-state index is 14.3. The second kappa shape index (κ2) is 14.6. The number of rotatable bonds is 13. The Morgan fingerprint density at radius 2 is 1.70 bits per heavy atom. The SMILES string of the molecule is C=CCNC(=O)C(=O)C(CCC)NC(=O)[C@@H]1C2[C@H](CN1C(=O)[C@@H](NC(=O)N[C@H](CN1CCCOC1=O)C(C)(C)C)C(C)(C)C)C2(C)C. The van der Waals surface area contributed by atoms with Gasteiger partial charge in [0.1, 0.15) is 12.1 Å². The average molecular weight is 661 g/mol. The molecular formula is C34H56N6O7. The van der Waals surface area contributed by atoms with Crippen molar-refractivity contribution in [2.45, 2.75) is 106 Å². The molecule has 2 saturated heterocycles. The van der Waals surface area contributed by atoms with Crippen LogP contribution in [0.5, 0.6) is 0 Å². The quantitative estimate of drug-likeness (QED) is 0.174. The monoisotopic (exact) mass is 660 g/mol. The van der Waals surface area contributed by atoms with Gasteiger partial charge >= 0.3 is 12.1 Å². The Morgan fingerprint density at radius 3 is 2.26 bits per heavy atom. The molecule has 264 valence electrons. The maximum atomic E-state index is 14.3. The number of hydrogen-bond acceptors (Lipinski definition) is 7. The smallest absolute Gasteiger partial charge is 0.409 e. The molecule has 1 aliphatic carbocycles. The van der Waals surface area contributed by atoms with E-state index in [0.717, 1.165) is 0 Å². The lowest BCUT2D eigenvalue weighted by Gasteiger charge is -2.39. The van der Waals surface area contributed by atoms with E-state index in [9.17, 15) is 28.8 Å². The van der Waals surface area contributed by atoms with Crippen LogP contribution in [0.2, 0.25) is 0 Å². The molecule has 0 spiro atoms. The van der Waals surface area contributed by atoms with Crippen molar-refractivity contribution in [3.05, 3.63) is 12.7 Å². The molecule has 2 aliphatic heterocycles. The Bertz CT molecular complexity index is 1240. The van der Waals surface area contributed by atoms with Gasteiger partial charge in [0.2, 0.25) is 17.6 Å². The normalized spacial score (nSPS) is 23.8. The van der Waals surface area contributed by atoms with Gasteiger partial charge in [0.25, 0.3) is 5.91 Å². The lowest BCUT2D eigenvalue weighted by atomic mass is 9.85. The summed E-state index contributed by atoms with van der Waals surface area (Å²) in [5, 5.41) is 11.1. The highest BCUT2D eigenvalue weighted by Crippen LogP contribution is 2.65. The van der Waals surface area contributed by atoms with Crippen LogP contribution >= 0.6 is 0 Å². The molecule has 4 N–H and O–H groups in total. The fourth-order valence-corrected chi connectivity index (χ4v) is 6.70. The van der Waals surface area contributed by atoms with Crippen molar-refractivity contribution >= 4 is 35.6 Å². The van der Waals surface area contributed by atoms with E-state index in [2.05, 4.69) is 41.7 Å². The first-order valence-corrected chi connectivity index (χ1v) is 16.8. The van der Waals surface area contributed by atoms with E-state index in [1.54, 1.807) is 4.90 Å². The standard InChI is InChI=1S/C34H56N6O7/c1-11-14-21(25(41)28(43)35-15-12-2)36-27(42)24-23-20(34(23,9)10)18-40(24)29(44)26(33(6,7)8)38-30(45)37-22(32(3,4)5)19-39-16-13-17-47-31(39)46/h12,20-24,26H,2,11,13-19H2,1,3-10H3,(H,35,43)(H,36,42)(H2,37,38,45)/t20-,21?,22+,23?,24-,26+/m0/s1. The molecule has 13 heteroatoms. The third kappa shape index (κ3) is 8.84. The lowest BCUT2D eigenvalue weighted by molar-refractivity contribution is -0.145. The van der Waals surface area contributed by atoms with Crippen molar-refractivity contribution in [1.82, 2.24) is 31.1 Å². The van der Waals surface area contributed by atoms with Crippen LogP contribution in [0.4, 0.5) is 9.59 Å². The van der Waals surface area contributed by atoms with Gasteiger partial charge in [-0.1, -0.05) is 74.8 Å². The maximum Gasteiger partial charge on any atom is 0.409 e. The van der Waals surface area contributed by atoms with Gasteiger partial charge in [-0.25, -0.2) is 9.59 Å². The fraction of sp³-hybridized carbons (Fsp3) is 0.765. The van der Waals surface area contributed by atoms with Crippen LogP contribution in [-0.4, -0.2) is 102 Å². The van der Waals surface area contributed by atoms with E-state index in [-0.39, 0.29) is 36.8 Å². The lowest BCUT2D eigenvalue weighted by Crippen LogP contribution is -2.63. The molecule has 2 heterocycles. The average Bonchev–Trinajstić information content (AvgIpc) is 3.28. The highest BCUT2D eigenvalue weighted by Gasteiger charge is 2.70. The number of urea groups is 1. The van der Waals surface area contributed by atoms with Crippen molar-refractivity contribution in [3.8, 4) is 0 Å². The van der Waals surface area contributed by atoms with E-state index >= 15 is 0 Å². The molecule has 0 radical (unpaired) electrons. The van der Waals surface area contributed by atoms with Gasteiger partial charge in [0.05, 0.1) is 18.7 Å². The molecule has 6 atom stereocenters. The molecule has 0 bridgehead atoms. The molecule has 0 aromatic rings. The predicted molar refractivity (Wildman–Crippen MR) is 177 cm³/mol. The van der Waals surface area contributed by atoms with Crippen LogP contribution in [0, 0.1) is 28.1 Å². The van der Waals surface area contributed by atoms with Crippen molar-refractivity contribution in [3.63, 3.8) is 0 Å². The zero-order valence-electron chi connectivity index (χ0n) is 29.7. The molecule has 3 fully saturated rings. The van der Waals surface area contributed by atoms with Crippen LogP contribution in [0.3, 0.4) is 0 Å². The van der Waals surface area contributed by atoms with Gasteiger partial charge in [-0.05, 0) is 40.9 Å². The Labute approximate surface area is 279 Å². The second-order valence-electron chi connectivity index (χ2n) is 15.9. The number of ketones is 1. The number of likely N-dealkylation sites (tertiary alicyclic amines) is 1. The van der Waals surface area contributed by atoms with Gasteiger partial charge in [-0.15, -0.1) is 6.58 Å². The number of carbonyl (C=O) groups is 6. The number of ether oxygens (including phenoxy) is 1. The number of amides is 6. The number of nitrogens with one attached hydrogen (secondary N) is 4. The largest absolute Gasteiger partial charge is 0.449 e. The summed E-state index contributed by atoms with van der Waals surface area (Å²) in [6, 6.07) is -3.90. The number of hydrogen-bond donors (Lipinski definition) is 4. The number of piperidine rings is 1. The summed E-state index contributed by atoms with van der Waals surface area (Å²) < 4.78 is 5.17. The van der Waals surface area contributed by atoms with Crippen molar-refractivity contribution in [2.75, 3.05) is 32.8 Å². The van der Waals surface area contributed by atoms with Crippen molar-refractivity contribution in [1.29, 1.82) is 0 Å². The first-order valence-electron chi connectivity index (χ1n) is 16.8. The molecule has 3 rings (SSSR count). The minimum Gasteiger partial charge on any atom is -0.449 e. The molecule has 47 heavy (non-hydrogen) atoms. The summed E-state index contributed by atoms with van der Waals surface area (Å²) in [7, 11) is 0. The predicted octanol–water partition coefficient (Wildman–Crippen LogP) is 2.60. The van der Waals surface area contributed by atoms with Crippen LogP contribution in [-0.2, 0) is 23.9 Å². The van der Waals surface area contributed by atoms with Crippen LogP contribution in [0.1, 0.15) is 81.6 Å². The van der Waals surface area contributed by atoms with Gasteiger partial charge in [0.15, 0.2) is 0 Å². The van der Waals surface area contributed by atoms with Crippen LogP contribution < -0.4 is 21.3 Å². The number of cyclic esters (lactones) is 1. The van der Waals surface area contributed by atoms with Gasteiger partial charge < -0.3 is 35.8 Å². The van der Waals surface area contributed by atoms with Gasteiger partial charge in [0, 0.05) is 26.2 Å². The topological polar surface area (TPSA) is 166 Å². The summed E-state index contributed by atoms with van der Waals surface area (Å²) in [5.41, 5.74) is -1.34. The van der Waals surface area contributed by atoms with E-state index in [1.165, 1.54) is 11.0 Å². The number of Topliss-reactive ketones (excluding diaryl/α,β-unsaturated/α-hetero) is 1. The van der Waals surface area contributed by atoms with Crippen LogP contribution in [0.15, 0.2) is 12.7 Å². The minimum absolute atomic E-state index is 0.0717. The third-order valence-electron chi connectivity index (χ3n) is 9.80. The summed E-state index contributed by atoms with van der Waals surface area (Å²) >= 11 is 0. The molecule has 1 saturated carbocycles. The zero-order valence-corrected chi connectivity index (χ0v) is 29.7. The van der Waals surface area contributed by atoms with E-state index in [0.29, 0.717) is 32.5 Å². The summed E-state index contributed by atoms with van der Waals surface area (Å²) in [5.74, 6) is -2.50. The second-order valence-corrected chi connectivity index (χ2v) is 15.9. The van der Waals surface area contributed by atoms with Crippen LogP contribution in [0.25, 0.3) is 0 Å². The molecular weight excluding hydrogens is 604 g/mol. The first-order chi connectivity index (χ1) is 21.7. The molecule has 0 aromatic heterocycles. The molecule has 6 amide bonds. The fourth-order valence-electron chi connectivity index (χ4n) is 6.70. The minimum atomic E-state index is -1.04. The van der Waals surface area contributed by atoms with Crippen molar-refractivity contribution in [2.24, 2.45) is 28.1 Å².